The van der Waals surface area contributed by atoms with Crippen LogP contribution in [0.2, 0.25) is 5.15 Å². The van der Waals surface area contributed by atoms with Crippen LogP contribution < -0.4 is 10.1 Å². The smallest absolute Gasteiger partial charge is 0.198 e. The molecule has 1 N–H and O–H groups in total. The topological polar surface area (TPSA) is 47.0 Å². The van der Waals surface area contributed by atoms with E-state index in [0.717, 1.165) is 19.4 Å². The molecule has 1 rings (SSSR count). The summed E-state index contributed by atoms with van der Waals surface area (Å²) in [5.74, 6) is 1.15. The molecule has 0 fully saturated rings. The average molecular weight is 290 g/mol. The monoisotopic (exact) mass is 289 g/mol. The number of anilines is 1. The molecule has 0 spiro atoms. The van der Waals surface area contributed by atoms with E-state index >= 15 is 0 Å². The zero-order valence-electron chi connectivity index (χ0n) is 11.3. The van der Waals surface area contributed by atoms with Gasteiger partial charge in [0, 0.05) is 11.3 Å². The lowest BCUT2D eigenvalue weighted by molar-refractivity contribution is 0.412. The molecule has 0 saturated carbocycles. The van der Waals surface area contributed by atoms with Crippen molar-refractivity contribution in [3.63, 3.8) is 0 Å². The molecule has 102 valence electrons. The van der Waals surface area contributed by atoms with Gasteiger partial charge in [-0.15, -0.1) is 0 Å². The number of ether oxygens (including phenoxy) is 1. The lowest BCUT2D eigenvalue weighted by Crippen LogP contribution is -2.32. The highest BCUT2D eigenvalue weighted by molar-refractivity contribution is 8.00. The molecule has 0 radical (unpaired) electrons. The van der Waals surface area contributed by atoms with Gasteiger partial charge in [0.05, 0.1) is 7.11 Å². The van der Waals surface area contributed by atoms with Gasteiger partial charge in [0.1, 0.15) is 6.33 Å². The number of nitrogens with one attached hydrogen (secondary N) is 1. The minimum atomic E-state index is 0.211. The SMILES string of the molecule is CCC(CC)(CNc1ncnc(Cl)c1OC)SC. The molecule has 0 atom stereocenters. The van der Waals surface area contributed by atoms with E-state index in [4.69, 9.17) is 16.3 Å². The van der Waals surface area contributed by atoms with Gasteiger partial charge in [-0.3, -0.25) is 0 Å². The van der Waals surface area contributed by atoms with Crippen LogP contribution in [-0.2, 0) is 0 Å². The molecule has 0 aliphatic carbocycles. The highest BCUT2D eigenvalue weighted by atomic mass is 35.5. The van der Waals surface area contributed by atoms with Crippen LogP contribution in [0.5, 0.6) is 5.75 Å². The zero-order valence-corrected chi connectivity index (χ0v) is 12.9. The Hall–Kier alpha value is -0.680. The summed E-state index contributed by atoms with van der Waals surface area (Å²) in [5, 5.41) is 3.65. The Bertz CT molecular complexity index is 377. The largest absolute Gasteiger partial charge is 0.490 e. The van der Waals surface area contributed by atoms with Gasteiger partial charge in [0.15, 0.2) is 16.7 Å². The average Bonchev–Trinajstić information content (AvgIpc) is 2.41. The maximum atomic E-state index is 5.96. The molecular weight excluding hydrogens is 270 g/mol. The van der Waals surface area contributed by atoms with Gasteiger partial charge in [0.25, 0.3) is 0 Å². The van der Waals surface area contributed by atoms with Crippen LogP contribution >= 0.6 is 23.4 Å². The molecule has 1 aromatic heterocycles. The Balaban J connectivity index is 2.82. The Morgan fingerprint density at radius 1 is 1.39 bits per heavy atom. The third-order valence-corrected chi connectivity index (χ3v) is 5.12. The number of hydrogen-bond acceptors (Lipinski definition) is 5. The van der Waals surface area contributed by atoms with Crippen molar-refractivity contribution in [2.45, 2.75) is 31.4 Å². The third-order valence-electron chi connectivity index (χ3n) is 3.26. The molecule has 0 saturated heterocycles. The molecular formula is C12H20ClN3OS. The van der Waals surface area contributed by atoms with Crippen LogP contribution in [0.25, 0.3) is 0 Å². The Labute approximate surface area is 118 Å². The van der Waals surface area contributed by atoms with Gasteiger partial charge in [-0.2, -0.15) is 11.8 Å². The van der Waals surface area contributed by atoms with E-state index in [-0.39, 0.29) is 4.75 Å². The van der Waals surface area contributed by atoms with Crippen molar-refractivity contribution in [3.8, 4) is 5.75 Å². The zero-order chi connectivity index (χ0) is 13.6. The Morgan fingerprint density at radius 3 is 2.56 bits per heavy atom. The first-order chi connectivity index (χ1) is 8.62. The van der Waals surface area contributed by atoms with Crippen molar-refractivity contribution in [1.82, 2.24) is 9.97 Å². The van der Waals surface area contributed by atoms with Gasteiger partial charge >= 0.3 is 0 Å². The van der Waals surface area contributed by atoms with Crippen LogP contribution in [-0.4, -0.2) is 34.6 Å². The fourth-order valence-corrected chi connectivity index (χ4v) is 2.77. The second kappa shape index (κ2) is 7.04. The lowest BCUT2D eigenvalue weighted by atomic mass is 10.0. The molecule has 0 aliphatic heterocycles. The fraction of sp³-hybridized carbons (Fsp3) is 0.667. The first kappa shape index (κ1) is 15.4. The summed E-state index contributed by atoms with van der Waals surface area (Å²) in [4.78, 5) is 8.08. The predicted octanol–water partition coefficient (Wildman–Crippen LogP) is 3.47. The standard InChI is InChI=1S/C12H20ClN3OS/c1-5-12(6-2,18-4)7-14-11-9(17-3)10(13)15-8-16-11/h8H,5-7H2,1-4H3,(H,14,15,16). The molecule has 18 heavy (non-hydrogen) atoms. The molecule has 6 heteroatoms. The number of rotatable bonds is 7. The molecule has 1 heterocycles. The maximum absolute atomic E-state index is 5.96. The lowest BCUT2D eigenvalue weighted by Gasteiger charge is -2.30. The number of nitrogens with zero attached hydrogens (tertiary/aromatic N) is 2. The van der Waals surface area contributed by atoms with Crippen LogP contribution in [0.1, 0.15) is 26.7 Å². The van der Waals surface area contributed by atoms with E-state index < -0.39 is 0 Å². The summed E-state index contributed by atoms with van der Waals surface area (Å²) >= 11 is 7.83. The molecule has 0 aromatic carbocycles. The number of aromatic nitrogens is 2. The van der Waals surface area contributed by atoms with Gasteiger partial charge in [-0.05, 0) is 19.1 Å². The van der Waals surface area contributed by atoms with Crippen LogP contribution in [0.3, 0.4) is 0 Å². The highest BCUT2D eigenvalue weighted by Crippen LogP contribution is 2.33. The van der Waals surface area contributed by atoms with Crippen LogP contribution in [0.4, 0.5) is 5.82 Å². The minimum Gasteiger partial charge on any atom is -0.490 e. The van der Waals surface area contributed by atoms with Crippen molar-refractivity contribution in [1.29, 1.82) is 0 Å². The third kappa shape index (κ3) is 3.42. The van der Waals surface area contributed by atoms with E-state index in [2.05, 4.69) is 35.4 Å². The number of halogens is 1. The van der Waals surface area contributed by atoms with Gasteiger partial charge < -0.3 is 10.1 Å². The summed E-state index contributed by atoms with van der Waals surface area (Å²) in [6.07, 6.45) is 5.77. The number of hydrogen-bond donors (Lipinski definition) is 1. The number of methoxy groups -OCH3 is 1. The normalized spacial score (nSPS) is 11.4. The maximum Gasteiger partial charge on any atom is 0.198 e. The quantitative estimate of drug-likeness (QED) is 0.779. The van der Waals surface area contributed by atoms with E-state index in [9.17, 15) is 0 Å². The Morgan fingerprint density at radius 2 is 2.06 bits per heavy atom. The van der Waals surface area contributed by atoms with Crippen LogP contribution in [0, 0.1) is 0 Å². The molecule has 4 nitrogen and oxygen atoms in total. The molecule has 0 unspecified atom stereocenters. The van der Waals surface area contributed by atoms with Crippen molar-refractivity contribution < 1.29 is 4.74 Å². The predicted molar refractivity (Wildman–Crippen MR) is 78.9 cm³/mol. The summed E-state index contributed by atoms with van der Waals surface area (Å²) in [7, 11) is 1.57. The van der Waals surface area contributed by atoms with E-state index in [1.54, 1.807) is 7.11 Å². The first-order valence-electron chi connectivity index (χ1n) is 5.96. The molecule has 0 bridgehead atoms. The second-order valence-electron chi connectivity index (χ2n) is 3.99. The van der Waals surface area contributed by atoms with Crippen molar-refractivity contribution in [3.05, 3.63) is 11.5 Å². The molecule has 0 aliphatic rings. The fourth-order valence-electron chi connectivity index (χ4n) is 1.76. The molecule has 1 aromatic rings. The Kier molecular flexibility index (Phi) is 6.02. The number of thioether (sulfide) groups is 1. The van der Waals surface area contributed by atoms with Gasteiger partial charge in [0.2, 0.25) is 0 Å². The second-order valence-corrected chi connectivity index (χ2v) is 5.63. The van der Waals surface area contributed by atoms with Crippen LogP contribution in [0.15, 0.2) is 6.33 Å². The van der Waals surface area contributed by atoms with E-state index in [1.165, 1.54) is 6.33 Å². The summed E-state index contributed by atoms with van der Waals surface area (Å²) in [5.41, 5.74) is 0. The minimum absolute atomic E-state index is 0.211. The first-order valence-corrected chi connectivity index (χ1v) is 7.56. The summed E-state index contributed by atoms with van der Waals surface area (Å²) in [6.45, 7) is 5.22. The summed E-state index contributed by atoms with van der Waals surface area (Å²) < 4.78 is 5.43. The van der Waals surface area contributed by atoms with Crippen molar-refractivity contribution in [2.24, 2.45) is 0 Å². The van der Waals surface area contributed by atoms with Crippen molar-refractivity contribution >= 4 is 29.2 Å². The summed E-state index contributed by atoms with van der Waals surface area (Å²) in [6, 6.07) is 0. The molecule has 0 amide bonds. The van der Waals surface area contributed by atoms with Crippen molar-refractivity contribution in [2.75, 3.05) is 25.2 Å². The van der Waals surface area contributed by atoms with Gasteiger partial charge in [-0.1, -0.05) is 25.4 Å². The van der Waals surface area contributed by atoms with E-state index in [1.807, 2.05) is 11.8 Å². The van der Waals surface area contributed by atoms with E-state index in [0.29, 0.717) is 16.7 Å². The van der Waals surface area contributed by atoms with Gasteiger partial charge in [-0.25, -0.2) is 9.97 Å². The highest BCUT2D eigenvalue weighted by Gasteiger charge is 2.25.